The van der Waals surface area contributed by atoms with Gasteiger partial charge in [-0.15, -0.1) is 12.4 Å². The smallest absolute Gasteiger partial charge is 0.252 e. The molecule has 1 rings (SSSR count). The Hall–Kier alpha value is -0.580. The molecule has 3 nitrogen and oxygen atoms in total. The molecule has 1 amide bonds. The van der Waals surface area contributed by atoms with Crippen LogP contribution in [0.5, 0.6) is 0 Å². The Morgan fingerprint density at radius 1 is 1.53 bits per heavy atom. The minimum atomic E-state index is 0. The molecule has 0 aliphatic rings. The molecule has 0 radical (unpaired) electrons. The summed E-state index contributed by atoms with van der Waals surface area (Å²) in [4.78, 5) is 11.6. The van der Waals surface area contributed by atoms with Gasteiger partial charge in [-0.25, -0.2) is 0 Å². The zero-order valence-corrected chi connectivity index (χ0v) is 10.8. The summed E-state index contributed by atoms with van der Waals surface area (Å²) in [6, 6.07) is 0.304. The molecule has 86 valence electrons. The van der Waals surface area contributed by atoms with Crippen LogP contribution < -0.4 is 10.6 Å². The lowest BCUT2D eigenvalue weighted by Gasteiger charge is -2.10. The zero-order chi connectivity index (χ0) is 10.6. The molecule has 1 aromatic heterocycles. The minimum absolute atomic E-state index is 0. The van der Waals surface area contributed by atoms with E-state index in [4.69, 9.17) is 0 Å². The van der Waals surface area contributed by atoms with Gasteiger partial charge in [-0.3, -0.25) is 4.79 Å². The molecule has 0 aromatic carbocycles. The molecule has 0 saturated heterocycles. The van der Waals surface area contributed by atoms with E-state index in [1.165, 1.54) is 0 Å². The van der Waals surface area contributed by atoms with Crippen molar-refractivity contribution >= 4 is 29.7 Å². The lowest BCUT2D eigenvalue weighted by atomic mass is 10.2. The van der Waals surface area contributed by atoms with Crippen molar-refractivity contribution in [1.82, 2.24) is 10.6 Å². The van der Waals surface area contributed by atoms with Gasteiger partial charge < -0.3 is 10.6 Å². The summed E-state index contributed by atoms with van der Waals surface area (Å²) in [6.45, 7) is 4.64. The Bertz CT molecular complexity index is 314. The molecule has 5 heteroatoms. The Kier molecular flexibility index (Phi) is 6.56. The number of hydrogen-bond acceptors (Lipinski definition) is 3. The SMILES string of the molecule is CNC(C)CNC(=O)c1cscc1C.Cl. The van der Waals surface area contributed by atoms with Gasteiger partial charge in [-0.2, -0.15) is 11.3 Å². The van der Waals surface area contributed by atoms with Gasteiger partial charge in [0.1, 0.15) is 0 Å². The van der Waals surface area contributed by atoms with E-state index in [2.05, 4.69) is 10.6 Å². The van der Waals surface area contributed by atoms with Crippen molar-refractivity contribution in [3.8, 4) is 0 Å². The van der Waals surface area contributed by atoms with E-state index >= 15 is 0 Å². The zero-order valence-electron chi connectivity index (χ0n) is 9.16. The number of carbonyl (C=O) groups is 1. The average molecular weight is 249 g/mol. The maximum atomic E-state index is 11.6. The second kappa shape index (κ2) is 6.82. The molecule has 0 saturated carbocycles. The molecule has 0 fully saturated rings. The van der Waals surface area contributed by atoms with E-state index in [1.54, 1.807) is 11.3 Å². The standard InChI is InChI=1S/C10H16N2OS.ClH/c1-7-5-14-6-9(7)10(13)12-4-8(2)11-3;/h5-6,8,11H,4H2,1-3H3,(H,12,13);1H. The molecule has 0 bridgehead atoms. The maximum Gasteiger partial charge on any atom is 0.252 e. The van der Waals surface area contributed by atoms with Gasteiger partial charge >= 0.3 is 0 Å². The van der Waals surface area contributed by atoms with E-state index in [0.717, 1.165) is 11.1 Å². The molecule has 15 heavy (non-hydrogen) atoms. The van der Waals surface area contributed by atoms with Gasteiger partial charge in [0.05, 0.1) is 5.56 Å². The quantitative estimate of drug-likeness (QED) is 0.854. The highest BCUT2D eigenvalue weighted by Gasteiger charge is 2.09. The van der Waals surface area contributed by atoms with Gasteiger partial charge in [0.25, 0.3) is 5.91 Å². The molecular weight excluding hydrogens is 232 g/mol. The van der Waals surface area contributed by atoms with Crippen LogP contribution in [0, 0.1) is 6.92 Å². The van der Waals surface area contributed by atoms with E-state index in [0.29, 0.717) is 12.6 Å². The Morgan fingerprint density at radius 3 is 2.67 bits per heavy atom. The molecule has 0 spiro atoms. The Morgan fingerprint density at radius 2 is 2.20 bits per heavy atom. The first-order valence-corrected chi connectivity index (χ1v) is 5.57. The van der Waals surface area contributed by atoms with Crippen LogP contribution >= 0.6 is 23.7 Å². The van der Waals surface area contributed by atoms with Gasteiger partial charge in [-0.1, -0.05) is 0 Å². The number of thiophene rings is 1. The van der Waals surface area contributed by atoms with Crippen LogP contribution in [-0.4, -0.2) is 25.5 Å². The van der Waals surface area contributed by atoms with E-state index < -0.39 is 0 Å². The Labute approximate surface area is 101 Å². The first-order valence-electron chi connectivity index (χ1n) is 4.63. The van der Waals surface area contributed by atoms with Crippen LogP contribution in [0.4, 0.5) is 0 Å². The monoisotopic (exact) mass is 248 g/mol. The molecule has 0 aliphatic carbocycles. The van der Waals surface area contributed by atoms with Crippen molar-refractivity contribution in [3.63, 3.8) is 0 Å². The largest absolute Gasteiger partial charge is 0.350 e. The highest BCUT2D eigenvalue weighted by atomic mass is 35.5. The number of carbonyl (C=O) groups excluding carboxylic acids is 1. The first kappa shape index (κ1) is 14.4. The summed E-state index contributed by atoms with van der Waals surface area (Å²) in [7, 11) is 1.88. The highest BCUT2D eigenvalue weighted by Crippen LogP contribution is 2.12. The summed E-state index contributed by atoms with van der Waals surface area (Å²) in [5.41, 5.74) is 1.84. The second-order valence-corrected chi connectivity index (χ2v) is 4.11. The van der Waals surface area contributed by atoms with Crippen molar-refractivity contribution in [2.45, 2.75) is 19.9 Å². The summed E-state index contributed by atoms with van der Waals surface area (Å²) in [5.74, 6) is 0.0193. The molecule has 2 N–H and O–H groups in total. The van der Waals surface area contributed by atoms with E-state index in [-0.39, 0.29) is 18.3 Å². The van der Waals surface area contributed by atoms with Crippen LogP contribution in [-0.2, 0) is 0 Å². The molecule has 1 heterocycles. The molecule has 1 atom stereocenters. The maximum absolute atomic E-state index is 11.6. The average Bonchev–Trinajstić information content (AvgIpc) is 2.60. The number of amides is 1. The topological polar surface area (TPSA) is 41.1 Å². The molecule has 1 aromatic rings. The third-order valence-electron chi connectivity index (χ3n) is 2.16. The van der Waals surface area contributed by atoms with E-state index in [9.17, 15) is 4.79 Å². The van der Waals surface area contributed by atoms with Crippen LogP contribution in [0.2, 0.25) is 0 Å². The summed E-state index contributed by atoms with van der Waals surface area (Å²) in [6.07, 6.45) is 0. The van der Waals surface area contributed by atoms with Crippen LogP contribution in [0.3, 0.4) is 0 Å². The number of likely N-dealkylation sites (N-methyl/N-ethyl adjacent to an activating group) is 1. The predicted octanol–water partition coefficient (Wildman–Crippen LogP) is 1.82. The predicted molar refractivity (Wildman–Crippen MR) is 67.2 cm³/mol. The first-order chi connectivity index (χ1) is 6.65. The third kappa shape index (κ3) is 4.20. The van der Waals surface area contributed by atoms with Crippen molar-refractivity contribution in [2.75, 3.05) is 13.6 Å². The summed E-state index contributed by atoms with van der Waals surface area (Å²) < 4.78 is 0. The van der Waals surface area contributed by atoms with Crippen molar-refractivity contribution in [2.24, 2.45) is 0 Å². The lowest BCUT2D eigenvalue weighted by molar-refractivity contribution is 0.0950. The molecule has 1 unspecified atom stereocenters. The number of hydrogen-bond donors (Lipinski definition) is 2. The van der Waals surface area contributed by atoms with Crippen LogP contribution in [0.25, 0.3) is 0 Å². The fourth-order valence-corrected chi connectivity index (χ4v) is 1.86. The summed E-state index contributed by atoms with van der Waals surface area (Å²) in [5, 5.41) is 9.82. The summed E-state index contributed by atoms with van der Waals surface area (Å²) >= 11 is 1.56. The van der Waals surface area contributed by atoms with Crippen molar-refractivity contribution < 1.29 is 4.79 Å². The number of halogens is 1. The van der Waals surface area contributed by atoms with Crippen molar-refractivity contribution in [3.05, 3.63) is 21.9 Å². The number of nitrogens with one attached hydrogen (secondary N) is 2. The molecular formula is C10H17ClN2OS. The van der Waals surface area contributed by atoms with Gasteiger partial charge in [0, 0.05) is 18.0 Å². The highest BCUT2D eigenvalue weighted by molar-refractivity contribution is 7.08. The number of rotatable bonds is 4. The normalized spacial score (nSPS) is 11.7. The Balaban J connectivity index is 0.00000196. The van der Waals surface area contributed by atoms with Crippen molar-refractivity contribution in [1.29, 1.82) is 0 Å². The fraction of sp³-hybridized carbons (Fsp3) is 0.500. The van der Waals surface area contributed by atoms with Gasteiger partial charge in [-0.05, 0) is 31.8 Å². The lowest BCUT2D eigenvalue weighted by Crippen LogP contribution is -2.37. The third-order valence-corrected chi connectivity index (χ3v) is 3.02. The van der Waals surface area contributed by atoms with Gasteiger partial charge in [0.2, 0.25) is 0 Å². The van der Waals surface area contributed by atoms with Crippen LogP contribution in [0.1, 0.15) is 22.8 Å². The fourth-order valence-electron chi connectivity index (χ4n) is 1.04. The van der Waals surface area contributed by atoms with Crippen LogP contribution in [0.15, 0.2) is 10.8 Å². The van der Waals surface area contributed by atoms with Gasteiger partial charge in [0.15, 0.2) is 0 Å². The minimum Gasteiger partial charge on any atom is -0.350 e. The second-order valence-electron chi connectivity index (χ2n) is 3.37. The number of aryl methyl sites for hydroxylation is 1. The molecule has 0 aliphatic heterocycles. The van der Waals surface area contributed by atoms with E-state index in [1.807, 2.05) is 31.7 Å².